The normalized spacial score (nSPS) is 13.0. The Morgan fingerprint density at radius 3 is 2.67 bits per heavy atom. The Bertz CT molecular complexity index is 629. The fourth-order valence-electron chi connectivity index (χ4n) is 2.12. The van der Waals surface area contributed by atoms with Crippen LogP contribution in [0.15, 0.2) is 53.7 Å². The number of rotatable bonds is 5. The molecule has 2 rings (SSSR count). The van der Waals surface area contributed by atoms with Crippen LogP contribution in [0.2, 0.25) is 0 Å². The maximum Gasteiger partial charge on any atom is 0.146 e. The molecule has 4 N–H and O–H groups in total. The topological polar surface area (TPSA) is 70.6 Å². The standard InChI is InChI=1S/C16H18FN3O/c1-11-7-8-13(17)15(9-11)19-14(10-16(18)20-21)12-5-3-2-4-6-12/h2-9,14,19,21H,10H2,1H3,(H2,18,20). The lowest BCUT2D eigenvalue weighted by atomic mass is 10.0. The first kappa shape index (κ1) is 14.8. The van der Waals surface area contributed by atoms with E-state index in [0.29, 0.717) is 5.69 Å². The van der Waals surface area contributed by atoms with Crippen molar-refractivity contribution >= 4 is 11.5 Å². The molecule has 2 aromatic rings. The highest BCUT2D eigenvalue weighted by Gasteiger charge is 2.15. The number of halogens is 1. The van der Waals surface area contributed by atoms with E-state index >= 15 is 0 Å². The molecule has 0 fully saturated rings. The summed E-state index contributed by atoms with van der Waals surface area (Å²) in [4.78, 5) is 0. The van der Waals surface area contributed by atoms with Crippen LogP contribution in [0.4, 0.5) is 10.1 Å². The van der Waals surface area contributed by atoms with Crippen molar-refractivity contribution in [1.29, 1.82) is 0 Å². The van der Waals surface area contributed by atoms with E-state index in [2.05, 4.69) is 10.5 Å². The summed E-state index contributed by atoms with van der Waals surface area (Å²) in [5.74, 6) is -0.245. The average molecular weight is 287 g/mol. The molecule has 2 aromatic carbocycles. The molecule has 0 bridgehead atoms. The summed E-state index contributed by atoms with van der Waals surface area (Å²) in [6.07, 6.45) is 0.272. The van der Waals surface area contributed by atoms with Gasteiger partial charge in [-0.3, -0.25) is 0 Å². The van der Waals surface area contributed by atoms with Crippen LogP contribution in [0.1, 0.15) is 23.6 Å². The third-order valence-electron chi connectivity index (χ3n) is 3.20. The second-order valence-corrected chi connectivity index (χ2v) is 4.89. The molecule has 5 heteroatoms. The fourth-order valence-corrected chi connectivity index (χ4v) is 2.12. The van der Waals surface area contributed by atoms with E-state index < -0.39 is 0 Å². The van der Waals surface area contributed by atoms with Crippen LogP contribution < -0.4 is 11.1 Å². The minimum Gasteiger partial charge on any atom is -0.409 e. The van der Waals surface area contributed by atoms with Crippen molar-refractivity contribution in [3.63, 3.8) is 0 Å². The molecule has 0 amide bonds. The van der Waals surface area contributed by atoms with Gasteiger partial charge in [0.1, 0.15) is 11.7 Å². The van der Waals surface area contributed by atoms with Gasteiger partial charge < -0.3 is 16.3 Å². The first-order valence-electron chi connectivity index (χ1n) is 6.64. The quantitative estimate of drug-likeness (QED) is 0.341. The van der Waals surface area contributed by atoms with Gasteiger partial charge in [-0.25, -0.2) is 4.39 Å². The Labute approximate surface area is 123 Å². The highest BCUT2D eigenvalue weighted by Crippen LogP contribution is 2.25. The van der Waals surface area contributed by atoms with Crippen molar-refractivity contribution in [2.24, 2.45) is 10.9 Å². The van der Waals surface area contributed by atoms with Gasteiger partial charge in [-0.2, -0.15) is 0 Å². The van der Waals surface area contributed by atoms with Gasteiger partial charge in [0.2, 0.25) is 0 Å². The number of hydrogen-bond donors (Lipinski definition) is 3. The monoisotopic (exact) mass is 287 g/mol. The molecule has 0 saturated carbocycles. The number of benzene rings is 2. The Kier molecular flexibility index (Phi) is 4.77. The van der Waals surface area contributed by atoms with Crippen molar-refractivity contribution in [2.45, 2.75) is 19.4 Å². The number of nitrogens with zero attached hydrogens (tertiary/aromatic N) is 1. The molecule has 110 valence electrons. The second-order valence-electron chi connectivity index (χ2n) is 4.89. The third-order valence-corrected chi connectivity index (χ3v) is 3.20. The van der Waals surface area contributed by atoms with Crippen molar-refractivity contribution in [3.8, 4) is 0 Å². The maximum atomic E-state index is 13.9. The molecule has 0 heterocycles. The lowest BCUT2D eigenvalue weighted by Crippen LogP contribution is -2.21. The van der Waals surface area contributed by atoms with Crippen LogP contribution >= 0.6 is 0 Å². The molecule has 0 spiro atoms. The van der Waals surface area contributed by atoms with Crippen molar-refractivity contribution < 1.29 is 9.60 Å². The summed E-state index contributed by atoms with van der Waals surface area (Å²) in [6, 6.07) is 14.1. The summed E-state index contributed by atoms with van der Waals surface area (Å²) in [6.45, 7) is 1.89. The molecule has 0 aromatic heterocycles. The van der Waals surface area contributed by atoms with E-state index in [1.54, 1.807) is 12.1 Å². The zero-order valence-electron chi connectivity index (χ0n) is 11.8. The van der Waals surface area contributed by atoms with Gasteiger partial charge in [0.25, 0.3) is 0 Å². The van der Waals surface area contributed by atoms with Crippen LogP contribution in [0.25, 0.3) is 0 Å². The summed E-state index contributed by atoms with van der Waals surface area (Å²) in [5.41, 5.74) is 7.89. The molecular weight excluding hydrogens is 269 g/mol. The van der Waals surface area contributed by atoms with Crippen LogP contribution in [0.5, 0.6) is 0 Å². The minimum atomic E-state index is -0.332. The van der Waals surface area contributed by atoms with Gasteiger partial charge in [-0.05, 0) is 30.2 Å². The Morgan fingerprint density at radius 1 is 1.29 bits per heavy atom. The molecule has 0 aliphatic rings. The molecule has 4 nitrogen and oxygen atoms in total. The predicted octanol–water partition coefficient (Wildman–Crippen LogP) is 3.42. The molecular formula is C16H18FN3O. The second kappa shape index (κ2) is 6.74. The van der Waals surface area contributed by atoms with E-state index in [-0.39, 0.29) is 24.1 Å². The highest BCUT2D eigenvalue weighted by molar-refractivity contribution is 5.80. The summed E-state index contributed by atoms with van der Waals surface area (Å²) < 4.78 is 13.9. The summed E-state index contributed by atoms with van der Waals surface area (Å²) >= 11 is 0. The predicted molar refractivity (Wildman–Crippen MR) is 82.0 cm³/mol. The van der Waals surface area contributed by atoms with Gasteiger partial charge in [0, 0.05) is 6.42 Å². The summed E-state index contributed by atoms with van der Waals surface area (Å²) in [5, 5.41) is 14.9. The van der Waals surface area contributed by atoms with Gasteiger partial charge >= 0.3 is 0 Å². The first-order chi connectivity index (χ1) is 10.1. The van der Waals surface area contributed by atoms with Crippen LogP contribution in [-0.4, -0.2) is 11.0 Å². The molecule has 1 atom stereocenters. The van der Waals surface area contributed by atoms with E-state index in [9.17, 15) is 4.39 Å². The Balaban J connectivity index is 2.29. The molecule has 0 saturated heterocycles. The highest BCUT2D eigenvalue weighted by atomic mass is 19.1. The molecule has 0 radical (unpaired) electrons. The smallest absolute Gasteiger partial charge is 0.146 e. The van der Waals surface area contributed by atoms with E-state index in [4.69, 9.17) is 10.9 Å². The molecule has 21 heavy (non-hydrogen) atoms. The van der Waals surface area contributed by atoms with Crippen LogP contribution in [0.3, 0.4) is 0 Å². The zero-order chi connectivity index (χ0) is 15.2. The molecule has 1 unspecified atom stereocenters. The van der Waals surface area contributed by atoms with Gasteiger partial charge in [0.05, 0.1) is 11.7 Å². The van der Waals surface area contributed by atoms with Crippen molar-refractivity contribution in [1.82, 2.24) is 0 Å². The number of aryl methyl sites for hydroxylation is 1. The van der Waals surface area contributed by atoms with Crippen LogP contribution in [0, 0.1) is 12.7 Å². The molecule has 0 aliphatic carbocycles. The summed E-state index contributed by atoms with van der Waals surface area (Å²) in [7, 11) is 0. The maximum absolute atomic E-state index is 13.9. The number of amidine groups is 1. The largest absolute Gasteiger partial charge is 0.409 e. The number of nitrogens with two attached hydrogens (primary N) is 1. The van der Waals surface area contributed by atoms with Crippen molar-refractivity contribution in [2.75, 3.05) is 5.32 Å². The minimum absolute atomic E-state index is 0.0874. The number of anilines is 1. The van der Waals surface area contributed by atoms with Crippen molar-refractivity contribution in [3.05, 3.63) is 65.5 Å². The zero-order valence-corrected chi connectivity index (χ0v) is 11.8. The average Bonchev–Trinajstić information content (AvgIpc) is 2.51. The van der Waals surface area contributed by atoms with E-state index in [1.807, 2.05) is 37.3 Å². The van der Waals surface area contributed by atoms with Gasteiger partial charge in [-0.1, -0.05) is 41.6 Å². The van der Waals surface area contributed by atoms with E-state index in [0.717, 1.165) is 11.1 Å². The lowest BCUT2D eigenvalue weighted by molar-refractivity contribution is 0.316. The van der Waals surface area contributed by atoms with E-state index in [1.165, 1.54) is 6.07 Å². The van der Waals surface area contributed by atoms with Gasteiger partial charge in [-0.15, -0.1) is 0 Å². The number of oxime groups is 1. The third kappa shape index (κ3) is 3.95. The Morgan fingerprint density at radius 2 is 2.00 bits per heavy atom. The SMILES string of the molecule is Cc1ccc(F)c(NC(CC(N)=NO)c2ccccc2)c1. The number of nitrogens with one attached hydrogen (secondary N) is 1. The molecule has 0 aliphatic heterocycles. The number of hydrogen-bond acceptors (Lipinski definition) is 3. The lowest BCUT2D eigenvalue weighted by Gasteiger charge is -2.20. The van der Waals surface area contributed by atoms with Gasteiger partial charge in [0.15, 0.2) is 0 Å². The van der Waals surface area contributed by atoms with Crippen LogP contribution in [-0.2, 0) is 0 Å². The first-order valence-corrected chi connectivity index (χ1v) is 6.64. The Hall–Kier alpha value is -2.56. The fraction of sp³-hybridized carbons (Fsp3) is 0.188.